The minimum absolute atomic E-state index is 0.0458. The molecular formula is C19H22F2N4O3. The second-order valence-corrected chi connectivity index (χ2v) is 6.28. The molecule has 7 nitrogen and oxygen atoms in total. The van der Waals surface area contributed by atoms with Gasteiger partial charge in [-0.2, -0.15) is 8.78 Å². The number of amides is 2. The molecule has 0 radical (unpaired) electrons. The molecule has 0 aliphatic carbocycles. The Labute approximate surface area is 161 Å². The number of carbonyl (C=O) groups excluding carboxylic acids is 1. The predicted octanol–water partition coefficient (Wildman–Crippen LogP) is 3.40. The van der Waals surface area contributed by atoms with E-state index in [1.54, 1.807) is 31.3 Å². The summed E-state index contributed by atoms with van der Waals surface area (Å²) in [6.45, 7) is 1.77. The molecule has 1 aromatic carbocycles. The third-order valence-corrected chi connectivity index (χ3v) is 4.27. The Bertz CT molecular complexity index is 783. The Morgan fingerprint density at radius 2 is 2.04 bits per heavy atom. The van der Waals surface area contributed by atoms with Crippen LogP contribution < -0.4 is 20.3 Å². The molecule has 1 atom stereocenters. The van der Waals surface area contributed by atoms with E-state index in [0.717, 1.165) is 18.9 Å². The highest BCUT2D eigenvalue weighted by Crippen LogP contribution is 2.21. The zero-order valence-corrected chi connectivity index (χ0v) is 15.4. The molecule has 0 saturated carbocycles. The van der Waals surface area contributed by atoms with Crippen molar-refractivity contribution >= 4 is 17.5 Å². The SMILES string of the molecule is C[C@H](NC(=O)Nc1ccc(N2CCOCC2)nc1)c1cccc(OC(F)F)c1. The van der Waals surface area contributed by atoms with Crippen LogP contribution in [0.4, 0.5) is 25.1 Å². The van der Waals surface area contributed by atoms with Gasteiger partial charge in [0.05, 0.1) is 31.1 Å². The molecule has 150 valence electrons. The summed E-state index contributed by atoms with van der Waals surface area (Å²) in [4.78, 5) is 18.7. The number of hydrogen-bond donors (Lipinski definition) is 2. The van der Waals surface area contributed by atoms with Gasteiger partial charge in [-0.15, -0.1) is 0 Å². The van der Waals surface area contributed by atoms with Crippen LogP contribution in [0.2, 0.25) is 0 Å². The average Bonchev–Trinajstić information content (AvgIpc) is 2.69. The van der Waals surface area contributed by atoms with Crippen molar-refractivity contribution in [2.75, 3.05) is 36.5 Å². The first-order valence-corrected chi connectivity index (χ1v) is 8.92. The third kappa shape index (κ3) is 5.53. The molecule has 0 unspecified atom stereocenters. The van der Waals surface area contributed by atoms with Crippen LogP contribution in [0.3, 0.4) is 0 Å². The summed E-state index contributed by atoms with van der Waals surface area (Å²) < 4.78 is 34.4. The second-order valence-electron chi connectivity index (χ2n) is 6.28. The second kappa shape index (κ2) is 9.32. The molecule has 1 aliphatic rings. The molecule has 9 heteroatoms. The standard InChI is InChI=1S/C19H22F2N4O3/c1-13(14-3-2-4-16(11-14)28-18(20)21)23-19(26)24-15-5-6-17(22-12-15)25-7-9-27-10-8-25/h2-6,11-13,18H,7-10H2,1H3,(H2,23,24,26)/t13-/m0/s1. The van der Waals surface area contributed by atoms with E-state index in [1.807, 2.05) is 6.07 Å². The quantitative estimate of drug-likeness (QED) is 0.788. The predicted molar refractivity (Wildman–Crippen MR) is 101 cm³/mol. The van der Waals surface area contributed by atoms with E-state index >= 15 is 0 Å². The van der Waals surface area contributed by atoms with E-state index in [4.69, 9.17) is 4.74 Å². The summed E-state index contributed by atoms with van der Waals surface area (Å²) in [7, 11) is 0. The van der Waals surface area contributed by atoms with E-state index < -0.39 is 18.7 Å². The van der Waals surface area contributed by atoms with Crippen LogP contribution in [-0.2, 0) is 4.74 Å². The van der Waals surface area contributed by atoms with Crippen molar-refractivity contribution in [1.29, 1.82) is 0 Å². The fourth-order valence-corrected chi connectivity index (χ4v) is 2.85. The third-order valence-electron chi connectivity index (χ3n) is 4.27. The van der Waals surface area contributed by atoms with Gasteiger partial charge in [0, 0.05) is 13.1 Å². The van der Waals surface area contributed by atoms with Crippen molar-refractivity contribution in [2.24, 2.45) is 0 Å². The number of benzene rings is 1. The highest BCUT2D eigenvalue weighted by atomic mass is 19.3. The first kappa shape index (κ1) is 19.8. The van der Waals surface area contributed by atoms with Gasteiger partial charge in [-0.05, 0) is 36.8 Å². The van der Waals surface area contributed by atoms with E-state index in [1.165, 1.54) is 12.1 Å². The average molecular weight is 392 g/mol. The summed E-state index contributed by atoms with van der Waals surface area (Å²) in [6, 6.07) is 9.02. The Hall–Kier alpha value is -2.94. The van der Waals surface area contributed by atoms with Crippen LogP contribution in [0.25, 0.3) is 0 Å². The fraction of sp³-hybridized carbons (Fsp3) is 0.368. The zero-order valence-electron chi connectivity index (χ0n) is 15.4. The number of halogens is 2. The van der Waals surface area contributed by atoms with Crippen molar-refractivity contribution in [1.82, 2.24) is 10.3 Å². The number of nitrogens with one attached hydrogen (secondary N) is 2. The fourth-order valence-electron chi connectivity index (χ4n) is 2.85. The maximum Gasteiger partial charge on any atom is 0.387 e. The maximum atomic E-state index is 12.3. The van der Waals surface area contributed by atoms with Gasteiger partial charge >= 0.3 is 12.6 Å². The molecule has 28 heavy (non-hydrogen) atoms. The number of carbonyl (C=O) groups is 1. The van der Waals surface area contributed by atoms with Crippen LogP contribution in [0.15, 0.2) is 42.6 Å². The Morgan fingerprint density at radius 1 is 1.25 bits per heavy atom. The lowest BCUT2D eigenvalue weighted by atomic mass is 10.1. The van der Waals surface area contributed by atoms with Gasteiger partial charge in [0.25, 0.3) is 0 Å². The van der Waals surface area contributed by atoms with Gasteiger partial charge < -0.3 is 25.0 Å². The lowest BCUT2D eigenvalue weighted by Crippen LogP contribution is -2.36. The molecule has 2 amide bonds. The van der Waals surface area contributed by atoms with E-state index in [-0.39, 0.29) is 5.75 Å². The molecule has 1 saturated heterocycles. The molecule has 0 spiro atoms. The number of hydrogen-bond acceptors (Lipinski definition) is 5. The monoisotopic (exact) mass is 392 g/mol. The number of rotatable bonds is 6. The lowest BCUT2D eigenvalue weighted by molar-refractivity contribution is -0.0499. The van der Waals surface area contributed by atoms with Gasteiger partial charge in [-0.3, -0.25) is 0 Å². The number of nitrogens with zero attached hydrogens (tertiary/aromatic N) is 2. The van der Waals surface area contributed by atoms with Crippen LogP contribution in [-0.4, -0.2) is 43.9 Å². The molecule has 2 aromatic rings. The number of morpholine rings is 1. The van der Waals surface area contributed by atoms with E-state index in [2.05, 4.69) is 25.3 Å². The van der Waals surface area contributed by atoms with Gasteiger partial charge in [0.1, 0.15) is 11.6 Å². The number of urea groups is 1. The van der Waals surface area contributed by atoms with E-state index in [9.17, 15) is 13.6 Å². The van der Waals surface area contributed by atoms with Crippen LogP contribution in [0.5, 0.6) is 5.75 Å². The summed E-state index contributed by atoms with van der Waals surface area (Å²) in [5.41, 5.74) is 1.20. The highest BCUT2D eigenvalue weighted by molar-refractivity contribution is 5.89. The molecule has 1 fully saturated rings. The summed E-state index contributed by atoms with van der Waals surface area (Å²) in [6.07, 6.45) is 1.59. The van der Waals surface area contributed by atoms with Crippen molar-refractivity contribution < 1.29 is 23.0 Å². The number of pyridine rings is 1. The van der Waals surface area contributed by atoms with Crippen molar-refractivity contribution in [3.05, 3.63) is 48.2 Å². The summed E-state index contributed by atoms with van der Waals surface area (Å²) in [5.74, 6) is 0.878. The summed E-state index contributed by atoms with van der Waals surface area (Å²) in [5, 5.41) is 5.47. The minimum atomic E-state index is -2.89. The van der Waals surface area contributed by atoms with Crippen LogP contribution in [0.1, 0.15) is 18.5 Å². The van der Waals surface area contributed by atoms with Gasteiger partial charge in [0.15, 0.2) is 0 Å². The highest BCUT2D eigenvalue weighted by Gasteiger charge is 2.14. The number of ether oxygens (including phenoxy) is 2. The van der Waals surface area contributed by atoms with E-state index in [0.29, 0.717) is 24.5 Å². The molecule has 3 rings (SSSR count). The number of anilines is 2. The molecule has 0 bridgehead atoms. The zero-order chi connectivity index (χ0) is 19.9. The first-order chi connectivity index (χ1) is 13.5. The van der Waals surface area contributed by atoms with Crippen molar-refractivity contribution in [3.63, 3.8) is 0 Å². The smallest absolute Gasteiger partial charge is 0.387 e. The normalized spacial score (nSPS) is 15.2. The Kier molecular flexibility index (Phi) is 6.59. The first-order valence-electron chi connectivity index (χ1n) is 8.92. The number of aromatic nitrogens is 1. The molecule has 1 aromatic heterocycles. The van der Waals surface area contributed by atoms with Gasteiger partial charge in [-0.25, -0.2) is 9.78 Å². The Morgan fingerprint density at radius 3 is 2.71 bits per heavy atom. The van der Waals surface area contributed by atoms with Crippen LogP contribution >= 0.6 is 0 Å². The molecule has 2 heterocycles. The van der Waals surface area contributed by atoms with Crippen molar-refractivity contribution in [2.45, 2.75) is 19.6 Å². The van der Waals surface area contributed by atoms with Crippen molar-refractivity contribution in [3.8, 4) is 5.75 Å². The lowest BCUT2D eigenvalue weighted by Gasteiger charge is -2.27. The van der Waals surface area contributed by atoms with Gasteiger partial charge in [0.2, 0.25) is 0 Å². The number of alkyl halides is 2. The molecule has 1 aliphatic heterocycles. The van der Waals surface area contributed by atoms with Gasteiger partial charge in [-0.1, -0.05) is 12.1 Å². The topological polar surface area (TPSA) is 75.7 Å². The Balaban J connectivity index is 1.54. The van der Waals surface area contributed by atoms with Crippen LogP contribution in [0, 0.1) is 0 Å². The largest absolute Gasteiger partial charge is 0.435 e. The molecule has 2 N–H and O–H groups in total. The minimum Gasteiger partial charge on any atom is -0.435 e. The summed E-state index contributed by atoms with van der Waals surface area (Å²) >= 11 is 0. The molecular weight excluding hydrogens is 370 g/mol. The maximum absolute atomic E-state index is 12.3.